The van der Waals surface area contributed by atoms with Crippen molar-refractivity contribution in [3.05, 3.63) is 77.9 Å². The maximum Gasteiger partial charge on any atom is 0.338 e. The normalized spacial score (nSPS) is 13.7. The van der Waals surface area contributed by atoms with E-state index in [9.17, 15) is 18.0 Å². The van der Waals surface area contributed by atoms with Gasteiger partial charge in [-0.05, 0) is 60.9 Å². The summed E-state index contributed by atoms with van der Waals surface area (Å²) in [5.74, 6) is -0.674. The molecule has 0 unspecified atom stereocenters. The average molecular weight is 479 g/mol. The molecule has 0 aromatic heterocycles. The summed E-state index contributed by atoms with van der Waals surface area (Å²) in [6.07, 6.45) is 0. The summed E-state index contributed by atoms with van der Waals surface area (Å²) in [5.41, 5.74) is 3.78. The van der Waals surface area contributed by atoms with Gasteiger partial charge in [-0.2, -0.15) is 0 Å². The summed E-state index contributed by atoms with van der Waals surface area (Å²) in [6.45, 7) is 5.76. The van der Waals surface area contributed by atoms with Crippen molar-refractivity contribution in [2.24, 2.45) is 0 Å². The van der Waals surface area contributed by atoms with Crippen LogP contribution in [0, 0.1) is 0 Å². The van der Waals surface area contributed by atoms with Crippen LogP contribution in [0.2, 0.25) is 0 Å². The number of benzene rings is 3. The first-order chi connectivity index (χ1) is 16.2. The van der Waals surface area contributed by atoms with E-state index in [0.717, 1.165) is 15.4 Å². The molecule has 8 heteroatoms. The number of rotatable bonds is 6. The molecular weight excluding hydrogens is 452 g/mol. The molecule has 176 valence electrons. The Hall–Kier alpha value is -3.65. The quantitative estimate of drug-likeness (QED) is 0.514. The lowest BCUT2D eigenvalue weighted by Crippen LogP contribution is -2.40. The number of nitrogens with one attached hydrogen (secondary N) is 1. The van der Waals surface area contributed by atoms with Gasteiger partial charge >= 0.3 is 5.97 Å². The number of esters is 1. The van der Waals surface area contributed by atoms with Crippen LogP contribution in [-0.2, 0) is 19.6 Å². The highest BCUT2D eigenvalue weighted by atomic mass is 32.2. The van der Waals surface area contributed by atoms with Crippen LogP contribution in [0.4, 0.5) is 11.4 Å². The minimum atomic E-state index is -3.93. The molecule has 3 aromatic carbocycles. The minimum Gasteiger partial charge on any atom is -0.462 e. The summed E-state index contributed by atoms with van der Waals surface area (Å²) in [7, 11) is -3.93. The standard InChI is InChI=1S/C26H26N2O5S/c1-4-33-26(30)18-9-12-20(13-10-18)27-25(29)16-28-23-14-11-19(17(2)3)15-22(23)21-7-5-6-8-24(21)34(28,31)32/h5-15,17H,4,16H2,1-3H3,(H,27,29). The summed E-state index contributed by atoms with van der Waals surface area (Å²) >= 11 is 0. The Balaban J connectivity index is 1.63. The summed E-state index contributed by atoms with van der Waals surface area (Å²) in [4.78, 5) is 24.9. The maximum absolute atomic E-state index is 13.4. The van der Waals surface area contributed by atoms with Gasteiger partial charge < -0.3 is 10.1 Å². The Morgan fingerprint density at radius 2 is 1.68 bits per heavy atom. The van der Waals surface area contributed by atoms with Gasteiger partial charge in [-0.25, -0.2) is 13.2 Å². The van der Waals surface area contributed by atoms with E-state index in [2.05, 4.69) is 19.2 Å². The zero-order valence-electron chi connectivity index (χ0n) is 19.2. The number of hydrogen-bond acceptors (Lipinski definition) is 5. The van der Waals surface area contributed by atoms with Gasteiger partial charge in [0.05, 0.1) is 22.8 Å². The van der Waals surface area contributed by atoms with Crippen molar-refractivity contribution in [3.63, 3.8) is 0 Å². The highest BCUT2D eigenvalue weighted by molar-refractivity contribution is 7.93. The molecule has 1 heterocycles. The first-order valence-corrected chi connectivity index (χ1v) is 12.5. The number of anilines is 2. The number of nitrogens with zero attached hydrogens (tertiary/aromatic N) is 1. The number of sulfonamides is 1. The van der Waals surface area contributed by atoms with Crippen LogP contribution in [-0.4, -0.2) is 33.4 Å². The van der Waals surface area contributed by atoms with Gasteiger partial charge in [-0.1, -0.05) is 38.1 Å². The van der Waals surface area contributed by atoms with Crippen molar-refractivity contribution >= 4 is 33.3 Å². The van der Waals surface area contributed by atoms with Crippen LogP contribution in [0.5, 0.6) is 0 Å². The second-order valence-electron chi connectivity index (χ2n) is 8.29. The van der Waals surface area contributed by atoms with E-state index in [1.54, 1.807) is 55.5 Å². The number of ether oxygens (including phenoxy) is 1. The first-order valence-electron chi connectivity index (χ1n) is 11.1. The Morgan fingerprint density at radius 1 is 0.971 bits per heavy atom. The van der Waals surface area contributed by atoms with Crippen LogP contribution in [0.25, 0.3) is 11.1 Å². The fraction of sp³-hybridized carbons (Fsp3) is 0.231. The Kier molecular flexibility index (Phi) is 6.43. The molecule has 0 spiro atoms. The van der Waals surface area contributed by atoms with Crippen LogP contribution in [0.15, 0.2) is 71.6 Å². The lowest BCUT2D eigenvalue weighted by Gasteiger charge is -2.32. The summed E-state index contributed by atoms with van der Waals surface area (Å²) in [6, 6.07) is 18.7. The Bertz CT molecular complexity index is 1350. The molecule has 0 aliphatic carbocycles. The molecule has 1 aliphatic heterocycles. The van der Waals surface area contributed by atoms with E-state index in [4.69, 9.17) is 4.74 Å². The predicted molar refractivity (Wildman–Crippen MR) is 132 cm³/mol. The van der Waals surface area contributed by atoms with Crippen LogP contribution in [0.1, 0.15) is 42.6 Å². The number of fused-ring (bicyclic) bond motifs is 3. The molecule has 7 nitrogen and oxygen atoms in total. The number of hydrogen-bond donors (Lipinski definition) is 1. The Morgan fingerprint density at radius 3 is 2.35 bits per heavy atom. The molecule has 0 fully saturated rings. The number of carbonyl (C=O) groups excluding carboxylic acids is 2. The molecule has 0 radical (unpaired) electrons. The molecular formula is C26H26N2O5S. The van der Waals surface area contributed by atoms with Gasteiger partial charge in [0, 0.05) is 16.8 Å². The van der Waals surface area contributed by atoms with Crippen molar-refractivity contribution in [1.29, 1.82) is 0 Å². The van der Waals surface area contributed by atoms with E-state index in [1.807, 2.05) is 18.2 Å². The fourth-order valence-electron chi connectivity index (χ4n) is 3.91. The SMILES string of the molecule is CCOC(=O)c1ccc(NC(=O)CN2c3ccc(C(C)C)cc3-c3ccccc3S2(=O)=O)cc1. The largest absolute Gasteiger partial charge is 0.462 e. The molecule has 0 atom stereocenters. The lowest BCUT2D eigenvalue weighted by molar-refractivity contribution is -0.114. The third kappa shape index (κ3) is 4.41. The van der Waals surface area contributed by atoms with Gasteiger partial charge in [0.1, 0.15) is 6.54 Å². The van der Waals surface area contributed by atoms with Gasteiger partial charge in [0.2, 0.25) is 5.91 Å². The summed E-state index contributed by atoms with van der Waals surface area (Å²) in [5, 5.41) is 2.71. The average Bonchev–Trinajstić information content (AvgIpc) is 2.82. The molecule has 1 amide bonds. The van der Waals surface area contributed by atoms with Crippen molar-refractivity contribution in [2.45, 2.75) is 31.6 Å². The van der Waals surface area contributed by atoms with E-state index in [0.29, 0.717) is 22.5 Å². The van der Waals surface area contributed by atoms with Crippen molar-refractivity contribution in [3.8, 4) is 11.1 Å². The van der Waals surface area contributed by atoms with Crippen molar-refractivity contribution in [2.75, 3.05) is 22.8 Å². The zero-order chi connectivity index (χ0) is 24.5. The number of amides is 1. The van der Waals surface area contributed by atoms with E-state index >= 15 is 0 Å². The molecule has 3 aromatic rings. The highest BCUT2D eigenvalue weighted by Gasteiger charge is 2.36. The fourth-order valence-corrected chi connectivity index (χ4v) is 5.56. The molecule has 0 bridgehead atoms. The zero-order valence-corrected chi connectivity index (χ0v) is 20.1. The summed E-state index contributed by atoms with van der Waals surface area (Å²) < 4.78 is 33.0. The third-order valence-electron chi connectivity index (χ3n) is 5.67. The molecule has 4 rings (SSSR count). The van der Waals surface area contributed by atoms with E-state index in [-0.39, 0.29) is 24.0 Å². The molecule has 34 heavy (non-hydrogen) atoms. The molecule has 0 saturated heterocycles. The number of carbonyl (C=O) groups is 2. The molecule has 1 aliphatic rings. The molecule has 1 N–H and O–H groups in total. The van der Waals surface area contributed by atoms with Crippen LogP contribution in [0.3, 0.4) is 0 Å². The van der Waals surface area contributed by atoms with Gasteiger partial charge in [-0.3, -0.25) is 9.10 Å². The van der Waals surface area contributed by atoms with Crippen LogP contribution < -0.4 is 9.62 Å². The van der Waals surface area contributed by atoms with Gasteiger partial charge in [0.15, 0.2) is 0 Å². The third-order valence-corrected chi connectivity index (χ3v) is 7.49. The second-order valence-corrected chi connectivity index (χ2v) is 10.1. The van der Waals surface area contributed by atoms with Crippen molar-refractivity contribution in [1.82, 2.24) is 0 Å². The topological polar surface area (TPSA) is 92.8 Å². The highest BCUT2D eigenvalue weighted by Crippen LogP contribution is 2.43. The van der Waals surface area contributed by atoms with Gasteiger partial charge in [0.25, 0.3) is 10.0 Å². The van der Waals surface area contributed by atoms with Crippen LogP contribution >= 0.6 is 0 Å². The Labute approximate surface area is 199 Å². The molecule has 0 saturated carbocycles. The smallest absolute Gasteiger partial charge is 0.338 e. The first kappa shape index (κ1) is 23.5. The van der Waals surface area contributed by atoms with Gasteiger partial charge in [-0.15, -0.1) is 0 Å². The monoisotopic (exact) mass is 478 g/mol. The van der Waals surface area contributed by atoms with Crippen molar-refractivity contribution < 1.29 is 22.7 Å². The second kappa shape index (κ2) is 9.30. The lowest BCUT2D eigenvalue weighted by atomic mass is 9.95. The predicted octanol–water partition coefficient (Wildman–Crippen LogP) is 4.80. The van der Waals surface area contributed by atoms with E-state index in [1.165, 1.54) is 0 Å². The van der Waals surface area contributed by atoms with E-state index < -0.39 is 21.9 Å². The minimum absolute atomic E-state index is 0.176. The maximum atomic E-state index is 13.4.